The van der Waals surface area contributed by atoms with Crippen LogP contribution in [0.5, 0.6) is 0 Å². The first-order valence-corrected chi connectivity index (χ1v) is 8.45. The van der Waals surface area contributed by atoms with Crippen molar-refractivity contribution in [3.05, 3.63) is 64.0 Å². The minimum atomic E-state index is -0.597. The molecular formula is C18H14ClNO3S. The molecule has 24 heavy (non-hydrogen) atoms. The molecule has 3 aromatic rings. The fourth-order valence-electron chi connectivity index (χ4n) is 2.26. The van der Waals surface area contributed by atoms with E-state index in [4.69, 9.17) is 16.3 Å². The van der Waals surface area contributed by atoms with Gasteiger partial charge in [-0.15, -0.1) is 11.3 Å². The summed E-state index contributed by atoms with van der Waals surface area (Å²) in [6, 6.07) is 14.8. The number of esters is 1. The van der Waals surface area contributed by atoms with Crippen LogP contribution in [0.15, 0.2) is 48.5 Å². The smallest absolute Gasteiger partial charge is 0.350 e. The first kappa shape index (κ1) is 16.5. The molecule has 4 nitrogen and oxygen atoms in total. The molecule has 122 valence electrons. The van der Waals surface area contributed by atoms with Gasteiger partial charge in [0.2, 0.25) is 0 Å². The number of hydrogen-bond acceptors (Lipinski definition) is 4. The summed E-state index contributed by atoms with van der Waals surface area (Å²) in [5.41, 5.74) is 1.69. The highest BCUT2D eigenvalue weighted by atomic mass is 35.5. The number of nitrogens with one attached hydrogen (secondary N) is 1. The SMILES string of the molecule is Cc1cccc(NC(=O)COC(=O)c2sc3ccccc3c2Cl)c1. The van der Waals surface area contributed by atoms with Crippen molar-refractivity contribution in [1.82, 2.24) is 0 Å². The molecule has 0 bridgehead atoms. The number of anilines is 1. The minimum Gasteiger partial charge on any atom is -0.451 e. The van der Waals surface area contributed by atoms with Gasteiger partial charge in [-0.3, -0.25) is 4.79 Å². The summed E-state index contributed by atoms with van der Waals surface area (Å²) in [4.78, 5) is 24.4. The summed E-state index contributed by atoms with van der Waals surface area (Å²) in [7, 11) is 0. The molecule has 0 aliphatic heterocycles. The third-order valence-electron chi connectivity index (χ3n) is 3.36. The molecule has 0 saturated carbocycles. The average molecular weight is 360 g/mol. The average Bonchev–Trinajstić information content (AvgIpc) is 2.90. The van der Waals surface area contributed by atoms with E-state index in [9.17, 15) is 9.59 Å². The number of ether oxygens (including phenoxy) is 1. The molecule has 0 unspecified atom stereocenters. The summed E-state index contributed by atoms with van der Waals surface area (Å²) in [6.45, 7) is 1.57. The summed E-state index contributed by atoms with van der Waals surface area (Å²) in [6.07, 6.45) is 0. The van der Waals surface area contributed by atoms with E-state index in [1.54, 1.807) is 6.07 Å². The van der Waals surface area contributed by atoms with E-state index in [-0.39, 0.29) is 6.61 Å². The molecule has 6 heteroatoms. The fraction of sp³-hybridized carbons (Fsp3) is 0.111. The van der Waals surface area contributed by atoms with E-state index < -0.39 is 11.9 Å². The Bertz CT molecular complexity index is 920. The van der Waals surface area contributed by atoms with Crippen LogP contribution in [0.2, 0.25) is 5.02 Å². The van der Waals surface area contributed by atoms with Crippen LogP contribution >= 0.6 is 22.9 Å². The lowest BCUT2D eigenvalue weighted by molar-refractivity contribution is -0.119. The highest BCUT2D eigenvalue weighted by molar-refractivity contribution is 7.21. The van der Waals surface area contributed by atoms with E-state index in [2.05, 4.69) is 5.32 Å². The largest absolute Gasteiger partial charge is 0.451 e. The van der Waals surface area contributed by atoms with E-state index in [0.29, 0.717) is 15.6 Å². The number of fused-ring (bicyclic) bond motifs is 1. The molecule has 1 N–H and O–H groups in total. The van der Waals surface area contributed by atoms with Crippen LogP contribution < -0.4 is 5.32 Å². The van der Waals surface area contributed by atoms with Gasteiger partial charge in [0.1, 0.15) is 4.88 Å². The van der Waals surface area contributed by atoms with Gasteiger partial charge in [0.15, 0.2) is 6.61 Å². The molecular weight excluding hydrogens is 346 g/mol. The molecule has 0 fully saturated rings. The van der Waals surface area contributed by atoms with Gasteiger partial charge in [-0.2, -0.15) is 0 Å². The standard InChI is InChI=1S/C18H14ClNO3S/c1-11-5-4-6-12(9-11)20-15(21)10-23-18(22)17-16(19)13-7-2-3-8-14(13)24-17/h2-9H,10H2,1H3,(H,20,21). The molecule has 0 radical (unpaired) electrons. The van der Waals surface area contributed by atoms with Crippen LogP contribution in [0, 0.1) is 6.92 Å². The van der Waals surface area contributed by atoms with E-state index >= 15 is 0 Å². The Hall–Kier alpha value is -2.37. The Kier molecular flexibility index (Phi) is 4.83. The highest BCUT2D eigenvalue weighted by Gasteiger charge is 2.19. The van der Waals surface area contributed by atoms with E-state index in [0.717, 1.165) is 15.6 Å². The quantitative estimate of drug-likeness (QED) is 0.689. The number of aryl methyl sites for hydroxylation is 1. The Morgan fingerprint density at radius 2 is 1.96 bits per heavy atom. The molecule has 0 aliphatic carbocycles. The van der Waals surface area contributed by atoms with Crippen LogP contribution in [-0.4, -0.2) is 18.5 Å². The second kappa shape index (κ2) is 7.03. The van der Waals surface area contributed by atoms with Crippen LogP contribution in [0.25, 0.3) is 10.1 Å². The summed E-state index contributed by atoms with van der Waals surface area (Å²) >= 11 is 7.47. The van der Waals surface area contributed by atoms with Crippen LogP contribution in [-0.2, 0) is 9.53 Å². The van der Waals surface area contributed by atoms with Gasteiger partial charge in [-0.05, 0) is 30.7 Å². The maximum Gasteiger partial charge on any atom is 0.350 e. The van der Waals surface area contributed by atoms with Crippen LogP contribution in [0.1, 0.15) is 15.2 Å². The topological polar surface area (TPSA) is 55.4 Å². The third kappa shape index (κ3) is 3.58. The number of thiophene rings is 1. The van der Waals surface area contributed by atoms with Gasteiger partial charge >= 0.3 is 5.97 Å². The van der Waals surface area contributed by atoms with Crippen molar-refractivity contribution in [1.29, 1.82) is 0 Å². The Labute approximate surface area is 148 Å². The highest BCUT2D eigenvalue weighted by Crippen LogP contribution is 2.35. The molecule has 0 aliphatic rings. The van der Waals surface area contributed by atoms with Crippen molar-refractivity contribution < 1.29 is 14.3 Å². The van der Waals surface area contributed by atoms with Gasteiger partial charge in [-0.25, -0.2) is 4.79 Å². The number of benzene rings is 2. The lowest BCUT2D eigenvalue weighted by atomic mass is 10.2. The Morgan fingerprint density at radius 3 is 2.71 bits per heavy atom. The second-order valence-corrected chi connectivity index (χ2v) is 6.67. The maximum atomic E-state index is 12.2. The van der Waals surface area contributed by atoms with Gasteiger partial charge in [0, 0.05) is 15.8 Å². The first-order chi connectivity index (χ1) is 11.5. The number of halogens is 1. The Balaban J connectivity index is 1.64. The number of rotatable bonds is 4. The summed E-state index contributed by atoms with van der Waals surface area (Å²) in [5.74, 6) is -0.994. The van der Waals surface area contributed by atoms with Crippen molar-refractivity contribution in [2.45, 2.75) is 6.92 Å². The molecule has 1 aromatic heterocycles. The maximum absolute atomic E-state index is 12.2. The van der Waals surface area contributed by atoms with Crippen molar-refractivity contribution in [2.24, 2.45) is 0 Å². The predicted molar refractivity (Wildman–Crippen MR) is 96.9 cm³/mol. The molecule has 0 spiro atoms. The molecule has 0 saturated heterocycles. The molecule has 2 aromatic carbocycles. The van der Waals surface area contributed by atoms with Crippen molar-refractivity contribution >= 4 is 50.6 Å². The monoisotopic (exact) mass is 359 g/mol. The van der Waals surface area contributed by atoms with Crippen molar-refractivity contribution in [3.63, 3.8) is 0 Å². The molecule has 0 atom stereocenters. The van der Waals surface area contributed by atoms with Gasteiger partial charge in [0.05, 0.1) is 5.02 Å². The zero-order chi connectivity index (χ0) is 17.1. The number of carbonyl (C=O) groups excluding carboxylic acids is 2. The molecule has 1 heterocycles. The zero-order valence-electron chi connectivity index (χ0n) is 12.8. The number of amides is 1. The van der Waals surface area contributed by atoms with Crippen LogP contribution in [0.3, 0.4) is 0 Å². The van der Waals surface area contributed by atoms with Gasteiger partial charge < -0.3 is 10.1 Å². The lowest BCUT2D eigenvalue weighted by Crippen LogP contribution is -2.20. The molecule has 3 rings (SSSR count). The number of carbonyl (C=O) groups is 2. The lowest BCUT2D eigenvalue weighted by Gasteiger charge is -2.06. The third-order valence-corrected chi connectivity index (χ3v) is 5.01. The summed E-state index contributed by atoms with van der Waals surface area (Å²) in [5, 5.41) is 3.85. The normalized spacial score (nSPS) is 10.6. The first-order valence-electron chi connectivity index (χ1n) is 7.25. The predicted octanol–water partition coefficient (Wildman–Crippen LogP) is 4.66. The van der Waals surface area contributed by atoms with Gasteiger partial charge in [0.25, 0.3) is 5.91 Å². The number of hydrogen-bond donors (Lipinski definition) is 1. The molecule has 1 amide bonds. The fourth-order valence-corrected chi connectivity index (χ4v) is 3.66. The van der Waals surface area contributed by atoms with E-state index in [1.807, 2.05) is 49.4 Å². The van der Waals surface area contributed by atoms with E-state index in [1.165, 1.54) is 11.3 Å². The second-order valence-electron chi connectivity index (χ2n) is 5.24. The minimum absolute atomic E-state index is 0.307. The van der Waals surface area contributed by atoms with Gasteiger partial charge in [-0.1, -0.05) is 41.9 Å². The van der Waals surface area contributed by atoms with Crippen molar-refractivity contribution in [3.8, 4) is 0 Å². The Morgan fingerprint density at radius 1 is 1.17 bits per heavy atom. The zero-order valence-corrected chi connectivity index (χ0v) is 14.4. The summed E-state index contributed by atoms with van der Waals surface area (Å²) < 4.78 is 5.98. The van der Waals surface area contributed by atoms with Crippen molar-refractivity contribution in [2.75, 3.05) is 11.9 Å². The van der Waals surface area contributed by atoms with Crippen LogP contribution in [0.4, 0.5) is 5.69 Å².